The van der Waals surface area contributed by atoms with Crippen molar-refractivity contribution in [1.82, 2.24) is 0 Å². The van der Waals surface area contributed by atoms with E-state index in [1.807, 2.05) is 6.07 Å². The van der Waals surface area contributed by atoms with E-state index in [0.717, 1.165) is 24.3 Å². The maximum atomic E-state index is 11.6. The number of amides is 1. The molecule has 5 nitrogen and oxygen atoms in total. The quantitative estimate of drug-likeness (QED) is 0.886. The molecule has 5 heteroatoms. The van der Waals surface area contributed by atoms with Crippen molar-refractivity contribution in [2.24, 2.45) is 0 Å². The number of methoxy groups -OCH3 is 2. The summed E-state index contributed by atoms with van der Waals surface area (Å²) in [6, 6.07) is 3.71. The lowest BCUT2D eigenvalue weighted by Crippen LogP contribution is -2.38. The molecule has 2 rings (SSSR count). The Morgan fingerprint density at radius 1 is 1.28 bits per heavy atom. The van der Waals surface area contributed by atoms with Crippen molar-refractivity contribution in [2.75, 3.05) is 37.5 Å². The average Bonchev–Trinajstić information content (AvgIpc) is 2.37. The second-order valence-electron chi connectivity index (χ2n) is 4.19. The molecule has 1 N–H and O–H groups in total. The van der Waals surface area contributed by atoms with Gasteiger partial charge in [-0.05, 0) is 6.42 Å². The summed E-state index contributed by atoms with van der Waals surface area (Å²) in [5.74, 6) is 1.30. The normalized spacial score (nSPS) is 13.9. The second kappa shape index (κ2) is 5.16. The summed E-state index contributed by atoms with van der Waals surface area (Å²) in [6.45, 7) is 3.32. The van der Waals surface area contributed by atoms with E-state index in [9.17, 15) is 4.79 Å². The van der Waals surface area contributed by atoms with Gasteiger partial charge >= 0.3 is 0 Å². The monoisotopic (exact) mass is 250 g/mol. The molecule has 0 saturated carbocycles. The molecule has 1 heterocycles. The molecule has 18 heavy (non-hydrogen) atoms. The highest BCUT2D eigenvalue weighted by Gasteiger charge is 2.23. The minimum atomic E-state index is 0.00294. The topological polar surface area (TPSA) is 50.8 Å². The number of rotatable bonds is 4. The van der Waals surface area contributed by atoms with Crippen LogP contribution in [-0.2, 0) is 4.79 Å². The molecular weight excluding hydrogens is 232 g/mol. The fraction of sp³-hybridized carbons (Fsp3) is 0.462. The van der Waals surface area contributed by atoms with Gasteiger partial charge in [0.05, 0.1) is 32.1 Å². The van der Waals surface area contributed by atoms with Crippen LogP contribution in [0.25, 0.3) is 0 Å². The Morgan fingerprint density at radius 2 is 1.94 bits per heavy atom. The number of benzene rings is 1. The van der Waals surface area contributed by atoms with E-state index in [1.165, 1.54) is 0 Å². The minimum absolute atomic E-state index is 0.00294. The van der Waals surface area contributed by atoms with Crippen molar-refractivity contribution in [3.63, 3.8) is 0 Å². The van der Waals surface area contributed by atoms with Gasteiger partial charge in [-0.15, -0.1) is 0 Å². The van der Waals surface area contributed by atoms with Crippen molar-refractivity contribution in [2.45, 2.75) is 13.3 Å². The SMILES string of the molecule is CCCN1CC(=O)Nc2cc(OC)c(OC)cc21. The van der Waals surface area contributed by atoms with Crippen molar-refractivity contribution in [3.05, 3.63) is 12.1 Å². The molecule has 0 unspecified atom stereocenters. The second-order valence-corrected chi connectivity index (χ2v) is 4.19. The van der Waals surface area contributed by atoms with Gasteiger partial charge in [-0.1, -0.05) is 6.92 Å². The molecule has 1 aliphatic rings. The van der Waals surface area contributed by atoms with Crippen LogP contribution in [0.2, 0.25) is 0 Å². The lowest BCUT2D eigenvalue weighted by Gasteiger charge is -2.31. The highest BCUT2D eigenvalue weighted by Crippen LogP contribution is 2.39. The zero-order chi connectivity index (χ0) is 13.1. The first-order valence-electron chi connectivity index (χ1n) is 6.00. The molecule has 1 aromatic carbocycles. The van der Waals surface area contributed by atoms with Gasteiger partial charge in [-0.3, -0.25) is 4.79 Å². The summed E-state index contributed by atoms with van der Waals surface area (Å²) >= 11 is 0. The predicted octanol–water partition coefficient (Wildman–Crippen LogP) is 1.87. The van der Waals surface area contributed by atoms with Gasteiger partial charge in [0, 0.05) is 18.7 Å². The van der Waals surface area contributed by atoms with Crippen LogP contribution >= 0.6 is 0 Å². The van der Waals surface area contributed by atoms with Gasteiger partial charge in [0.25, 0.3) is 0 Å². The van der Waals surface area contributed by atoms with Crippen LogP contribution in [-0.4, -0.2) is 33.2 Å². The summed E-state index contributed by atoms with van der Waals surface area (Å²) in [5.41, 5.74) is 1.76. The van der Waals surface area contributed by atoms with E-state index in [2.05, 4.69) is 17.1 Å². The van der Waals surface area contributed by atoms with E-state index in [4.69, 9.17) is 9.47 Å². The Kier molecular flexibility index (Phi) is 3.60. The summed E-state index contributed by atoms with van der Waals surface area (Å²) < 4.78 is 10.5. The molecule has 0 fully saturated rings. The van der Waals surface area contributed by atoms with Crippen LogP contribution < -0.4 is 19.7 Å². The largest absolute Gasteiger partial charge is 0.493 e. The zero-order valence-electron chi connectivity index (χ0n) is 10.9. The van der Waals surface area contributed by atoms with E-state index < -0.39 is 0 Å². The number of fused-ring (bicyclic) bond motifs is 1. The molecule has 98 valence electrons. The molecule has 0 aliphatic carbocycles. The number of carbonyl (C=O) groups is 1. The summed E-state index contributed by atoms with van der Waals surface area (Å²) in [6.07, 6.45) is 0.987. The third-order valence-electron chi connectivity index (χ3n) is 2.94. The number of hydrogen-bond donors (Lipinski definition) is 1. The fourth-order valence-corrected chi connectivity index (χ4v) is 2.15. The van der Waals surface area contributed by atoms with Crippen molar-refractivity contribution >= 4 is 17.3 Å². The zero-order valence-corrected chi connectivity index (χ0v) is 10.9. The first-order valence-corrected chi connectivity index (χ1v) is 6.00. The molecule has 1 aromatic rings. The lowest BCUT2D eigenvalue weighted by atomic mass is 10.1. The third-order valence-corrected chi connectivity index (χ3v) is 2.94. The van der Waals surface area contributed by atoms with Gasteiger partial charge < -0.3 is 19.7 Å². The number of nitrogens with one attached hydrogen (secondary N) is 1. The molecule has 1 amide bonds. The van der Waals surface area contributed by atoms with Crippen molar-refractivity contribution in [1.29, 1.82) is 0 Å². The summed E-state index contributed by atoms with van der Waals surface area (Å²) in [5, 5.41) is 2.86. The Bertz CT molecular complexity index is 460. The maximum Gasteiger partial charge on any atom is 0.243 e. The Labute approximate surface area is 107 Å². The summed E-state index contributed by atoms with van der Waals surface area (Å²) in [7, 11) is 3.19. The average molecular weight is 250 g/mol. The highest BCUT2D eigenvalue weighted by molar-refractivity contribution is 6.01. The van der Waals surface area contributed by atoms with Crippen LogP contribution in [0.1, 0.15) is 13.3 Å². The molecule has 0 atom stereocenters. The minimum Gasteiger partial charge on any atom is -0.493 e. The Morgan fingerprint density at radius 3 is 2.56 bits per heavy atom. The third kappa shape index (κ3) is 2.20. The van der Waals surface area contributed by atoms with Gasteiger partial charge in [0.2, 0.25) is 5.91 Å². The van der Waals surface area contributed by atoms with Gasteiger partial charge in [0.15, 0.2) is 11.5 Å². The molecule has 0 bridgehead atoms. The van der Waals surface area contributed by atoms with E-state index in [1.54, 1.807) is 20.3 Å². The van der Waals surface area contributed by atoms with E-state index >= 15 is 0 Å². The molecule has 0 saturated heterocycles. The van der Waals surface area contributed by atoms with Crippen molar-refractivity contribution in [3.8, 4) is 11.5 Å². The molecule has 0 spiro atoms. The highest BCUT2D eigenvalue weighted by atomic mass is 16.5. The van der Waals surface area contributed by atoms with Crippen molar-refractivity contribution < 1.29 is 14.3 Å². The number of anilines is 2. The fourth-order valence-electron chi connectivity index (χ4n) is 2.15. The van der Waals surface area contributed by atoms with E-state index in [-0.39, 0.29) is 5.91 Å². The van der Waals surface area contributed by atoms with Crippen LogP contribution in [0.4, 0.5) is 11.4 Å². The molecule has 0 aromatic heterocycles. The smallest absolute Gasteiger partial charge is 0.243 e. The summed E-state index contributed by atoms with van der Waals surface area (Å²) in [4.78, 5) is 13.7. The van der Waals surface area contributed by atoms with Crippen LogP contribution in [0.15, 0.2) is 12.1 Å². The first kappa shape index (κ1) is 12.5. The Balaban J connectivity index is 2.45. The van der Waals surface area contributed by atoms with Gasteiger partial charge in [-0.25, -0.2) is 0 Å². The standard InChI is InChI=1S/C13H18N2O3/c1-4-5-15-8-13(16)14-9-6-11(17-2)12(18-3)7-10(9)15/h6-7H,4-5,8H2,1-3H3,(H,14,16). The molecule has 0 radical (unpaired) electrons. The number of nitrogens with zero attached hydrogens (tertiary/aromatic N) is 1. The van der Waals surface area contributed by atoms with Crippen LogP contribution in [0.5, 0.6) is 11.5 Å². The van der Waals surface area contributed by atoms with Crippen LogP contribution in [0.3, 0.4) is 0 Å². The van der Waals surface area contributed by atoms with E-state index in [0.29, 0.717) is 18.0 Å². The predicted molar refractivity (Wildman–Crippen MR) is 70.7 cm³/mol. The number of carbonyl (C=O) groups excluding carboxylic acids is 1. The van der Waals surface area contributed by atoms with Gasteiger partial charge in [-0.2, -0.15) is 0 Å². The maximum absolute atomic E-state index is 11.6. The first-order chi connectivity index (χ1) is 8.69. The van der Waals surface area contributed by atoms with Gasteiger partial charge in [0.1, 0.15) is 0 Å². The molecular formula is C13H18N2O3. The number of ether oxygens (including phenoxy) is 2. The van der Waals surface area contributed by atoms with Crippen LogP contribution in [0, 0.1) is 0 Å². The lowest BCUT2D eigenvalue weighted by molar-refractivity contribution is -0.115. The molecule has 1 aliphatic heterocycles. The Hall–Kier alpha value is -1.91. The number of hydrogen-bond acceptors (Lipinski definition) is 4.